The van der Waals surface area contributed by atoms with Crippen LogP contribution in [0, 0.1) is 5.92 Å². The van der Waals surface area contributed by atoms with Gasteiger partial charge < -0.3 is 10.0 Å². The normalized spacial score (nSPS) is 16.9. The van der Waals surface area contributed by atoms with E-state index in [1.165, 1.54) is 25.7 Å². The largest absolute Gasteiger partial charge is 0.396 e. The highest BCUT2D eigenvalue weighted by atomic mass is 16.3. The number of nitrogens with zero attached hydrogens (tertiary/aromatic N) is 1. The molecule has 0 radical (unpaired) electrons. The van der Waals surface area contributed by atoms with Crippen molar-refractivity contribution >= 4 is 5.91 Å². The van der Waals surface area contributed by atoms with E-state index in [-0.39, 0.29) is 12.5 Å². The zero-order valence-corrected chi connectivity index (χ0v) is 9.74. The number of hydrogen-bond donors (Lipinski definition) is 1. The van der Waals surface area contributed by atoms with Gasteiger partial charge in [-0.3, -0.25) is 4.79 Å². The molecule has 1 aliphatic carbocycles. The van der Waals surface area contributed by atoms with Crippen LogP contribution in [0.15, 0.2) is 0 Å². The van der Waals surface area contributed by atoms with Crippen molar-refractivity contribution in [2.75, 3.05) is 20.2 Å². The third kappa shape index (κ3) is 4.65. The van der Waals surface area contributed by atoms with E-state index in [4.69, 9.17) is 5.11 Å². The van der Waals surface area contributed by atoms with Crippen molar-refractivity contribution in [2.45, 2.75) is 44.9 Å². The van der Waals surface area contributed by atoms with Crippen LogP contribution < -0.4 is 0 Å². The van der Waals surface area contributed by atoms with Crippen LogP contribution in [-0.2, 0) is 4.79 Å². The van der Waals surface area contributed by atoms with Gasteiger partial charge in [0.2, 0.25) is 5.91 Å². The lowest BCUT2D eigenvalue weighted by molar-refractivity contribution is -0.130. The summed E-state index contributed by atoms with van der Waals surface area (Å²) < 4.78 is 0. The molecule has 1 rings (SSSR count). The monoisotopic (exact) mass is 213 g/mol. The topological polar surface area (TPSA) is 40.5 Å². The van der Waals surface area contributed by atoms with Gasteiger partial charge in [-0.05, 0) is 18.8 Å². The molecule has 0 atom stereocenters. The molecule has 3 nitrogen and oxygen atoms in total. The maximum absolute atomic E-state index is 11.5. The molecular formula is C12H23NO2. The Bertz CT molecular complexity index is 188. The highest BCUT2D eigenvalue weighted by Gasteiger charge is 2.16. The molecule has 0 unspecified atom stereocenters. The lowest BCUT2D eigenvalue weighted by Crippen LogP contribution is -2.28. The fraction of sp³-hybridized carbons (Fsp3) is 0.917. The molecule has 15 heavy (non-hydrogen) atoms. The Morgan fingerprint density at radius 1 is 1.40 bits per heavy atom. The Morgan fingerprint density at radius 3 is 2.67 bits per heavy atom. The molecule has 0 aromatic rings. The van der Waals surface area contributed by atoms with E-state index < -0.39 is 0 Å². The molecule has 0 bridgehead atoms. The maximum Gasteiger partial charge on any atom is 0.222 e. The van der Waals surface area contributed by atoms with E-state index in [0.29, 0.717) is 12.8 Å². The van der Waals surface area contributed by atoms with Crippen LogP contribution in [0.4, 0.5) is 0 Å². The highest BCUT2D eigenvalue weighted by Crippen LogP contribution is 2.27. The number of aliphatic hydroxyl groups excluding tert-OH is 1. The summed E-state index contributed by atoms with van der Waals surface area (Å²) in [4.78, 5) is 13.3. The van der Waals surface area contributed by atoms with Crippen molar-refractivity contribution in [1.82, 2.24) is 4.90 Å². The minimum Gasteiger partial charge on any atom is -0.396 e. The molecule has 0 aromatic carbocycles. The summed E-state index contributed by atoms with van der Waals surface area (Å²) >= 11 is 0. The first-order chi connectivity index (χ1) is 7.24. The number of amides is 1. The van der Waals surface area contributed by atoms with Crippen LogP contribution in [0.25, 0.3) is 0 Å². The van der Waals surface area contributed by atoms with Gasteiger partial charge in [-0.15, -0.1) is 0 Å². The van der Waals surface area contributed by atoms with Gasteiger partial charge in [0.1, 0.15) is 0 Å². The number of rotatable bonds is 6. The average Bonchev–Trinajstić information content (AvgIpc) is 2.75. The zero-order chi connectivity index (χ0) is 11.1. The highest BCUT2D eigenvalue weighted by molar-refractivity contribution is 5.75. The Morgan fingerprint density at radius 2 is 2.07 bits per heavy atom. The predicted molar refractivity (Wildman–Crippen MR) is 60.5 cm³/mol. The van der Waals surface area contributed by atoms with Gasteiger partial charge in [0.25, 0.3) is 0 Å². The van der Waals surface area contributed by atoms with E-state index in [9.17, 15) is 4.79 Å². The van der Waals surface area contributed by atoms with Crippen molar-refractivity contribution in [3.63, 3.8) is 0 Å². The Hall–Kier alpha value is -0.570. The Labute approximate surface area is 92.5 Å². The van der Waals surface area contributed by atoms with Gasteiger partial charge >= 0.3 is 0 Å². The fourth-order valence-electron chi connectivity index (χ4n) is 2.22. The van der Waals surface area contributed by atoms with Crippen LogP contribution in [0.3, 0.4) is 0 Å². The van der Waals surface area contributed by atoms with Gasteiger partial charge in [0, 0.05) is 26.6 Å². The second kappa shape index (κ2) is 6.83. The third-order valence-corrected chi connectivity index (χ3v) is 3.32. The number of carbonyl (C=O) groups is 1. The van der Waals surface area contributed by atoms with Crippen LogP contribution in [0.1, 0.15) is 44.9 Å². The van der Waals surface area contributed by atoms with E-state index in [1.54, 1.807) is 0 Å². The van der Waals surface area contributed by atoms with Gasteiger partial charge in [0.15, 0.2) is 0 Å². The van der Waals surface area contributed by atoms with Gasteiger partial charge in [-0.1, -0.05) is 25.7 Å². The molecule has 1 amide bonds. The SMILES string of the molecule is CN(CCC1CCCC1)C(=O)CCCO. The van der Waals surface area contributed by atoms with Crippen LogP contribution >= 0.6 is 0 Å². The molecule has 0 saturated heterocycles. The first-order valence-electron chi connectivity index (χ1n) is 6.09. The first kappa shape index (κ1) is 12.5. The maximum atomic E-state index is 11.5. The smallest absolute Gasteiger partial charge is 0.222 e. The predicted octanol–water partition coefficient (Wildman–Crippen LogP) is 1.80. The number of hydrogen-bond acceptors (Lipinski definition) is 2. The second-order valence-electron chi connectivity index (χ2n) is 4.58. The minimum atomic E-state index is 0.113. The molecule has 0 spiro atoms. The summed E-state index contributed by atoms with van der Waals surface area (Å²) in [5.41, 5.74) is 0. The summed E-state index contributed by atoms with van der Waals surface area (Å²) in [7, 11) is 1.87. The van der Waals surface area contributed by atoms with E-state index in [2.05, 4.69) is 0 Å². The zero-order valence-electron chi connectivity index (χ0n) is 9.74. The van der Waals surface area contributed by atoms with Crippen LogP contribution in [-0.4, -0.2) is 36.1 Å². The summed E-state index contributed by atoms with van der Waals surface area (Å²) in [6.45, 7) is 0.997. The Balaban J connectivity index is 2.10. The van der Waals surface area contributed by atoms with Crippen molar-refractivity contribution in [3.8, 4) is 0 Å². The molecule has 1 N–H and O–H groups in total. The van der Waals surface area contributed by atoms with E-state index in [0.717, 1.165) is 18.9 Å². The Kier molecular flexibility index (Phi) is 5.69. The van der Waals surface area contributed by atoms with Crippen molar-refractivity contribution in [1.29, 1.82) is 0 Å². The second-order valence-corrected chi connectivity index (χ2v) is 4.58. The van der Waals surface area contributed by atoms with Gasteiger partial charge in [0.05, 0.1) is 0 Å². The molecule has 0 aliphatic heterocycles. The lowest BCUT2D eigenvalue weighted by Gasteiger charge is -2.19. The van der Waals surface area contributed by atoms with Crippen molar-refractivity contribution in [2.24, 2.45) is 5.92 Å². The fourth-order valence-corrected chi connectivity index (χ4v) is 2.22. The average molecular weight is 213 g/mol. The van der Waals surface area contributed by atoms with Crippen LogP contribution in [0.2, 0.25) is 0 Å². The quantitative estimate of drug-likeness (QED) is 0.731. The minimum absolute atomic E-state index is 0.113. The lowest BCUT2D eigenvalue weighted by atomic mass is 10.0. The van der Waals surface area contributed by atoms with E-state index in [1.807, 2.05) is 11.9 Å². The number of aliphatic hydroxyl groups is 1. The van der Waals surface area contributed by atoms with Crippen LogP contribution in [0.5, 0.6) is 0 Å². The molecule has 3 heteroatoms. The van der Waals surface area contributed by atoms with Crippen molar-refractivity contribution < 1.29 is 9.90 Å². The van der Waals surface area contributed by atoms with Gasteiger partial charge in [-0.2, -0.15) is 0 Å². The molecule has 88 valence electrons. The molecule has 1 saturated carbocycles. The summed E-state index contributed by atoms with van der Waals surface area (Å²) in [6.07, 6.45) is 7.66. The summed E-state index contributed by atoms with van der Waals surface area (Å²) in [5, 5.41) is 8.63. The molecular weight excluding hydrogens is 190 g/mol. The van der Waals surface area contributed by atoms with E-state index >= 15 is 0 Å². The van der Waals surface area contributed by atoms with Gasteiger partial charge in [-0.25, -0.2) is 0 Å². The van der Waals surface area contributed by atoms with Crippen molar-refractivity contribution in [3.05, 3.63) is 0 Å². The molecule has 1 aliphatic rings. The summed E-state index contributed by atoms with van der Waals surface area (Å²) in [6, 6.07) is 0. The molecule has 1 fully saturated rings. The molecule has 0 aromatic heterocycles. The summed E-state index contributed by atoms with van der Waals surface area (Å²) in [5.74, 6) is 1.01. The number of carbonyl (C=O) groups excluding carboxylic acids is 1. The third-order valence-electron chi connectivity index (χ3n) is 3.32. The standard InChI is InChI=1S/C12H23NO2/c1-13(12(15)7-4-10-14)9-8-11-5-2-3-6-11/h11,14H,2-10H2,1H3. The molecule has 0 heterocycles. The first-order valence-corrected chi connectivity index (χ1v) is 6.09.